The fraction of sp³-hybridized carbons (Fsp3) is 0. The average Bonchev–Trinajstić information content (AvgIpc) is 3.37. The molecule has 0 saturated carbocycles. The van der Waals surface area contributed by atoms with Crippen molar-refractivity contribution in [2.45, 2.75) is 0 Å². The molecule has 13 aromatic carbocycles. The summed E-state index contributed by atoms with van der Waals surface area (Å²) in [6.45, 7) is 0. The Morgan fingerprint density at radius 1 is 0.156 bits per heavy atom. The Hall–Kier alpha value is -8.32. The number of benzene rings is 13. The van der Waals surface area contributed by atoms with Crippen molar-refractivity contribution in [3.8, 4) is 55.6 Å². The minimum atomic E-state index is 1.20. The van der Waals surface area contributed by atoms with Crippen LogP contribution in [0, 0.1) is 0 Å². The van der Waals surface area contributed by atoms with Crippen molar-refractivity contribution >= 4 is 75.4 Å². The number of hydrogen-bond acceptors (Lipinski definition) is 0. The van der Waals surface area contributed by atoms with E-state index in [9.17, 15) is 0 Å². The van der Waals surface area contributed by atoms with Gasteiger partial charge in [-0.25, -0.2) is 0 Å². The second kappa shape index (κ2) is 14.7. The molecular weight excluding hydrogens is 769 g/mol. The van der Waals surface area contributed by atoms with Gasteiger partial charge in [0.1, 0.15) is 0 Å². The Morgan fingerprint density at radius 3 is 1.20 bits per heavy atom. The van der Waals surface area contributed by atoms with Gasteiger partial charge in [-0.05, 0) is 180 Å². The third-order valence-corrected chi connectivity index (χ3v) is 13.5. The van der Waals surface area contributed by atoms with Crippen LogP contribution >= 0.6 is 0 Å². The standard InChI is InChI=1S/C64H40/c1-2-14-42-35-52(30-27-41(42)13-1)64-56-32-31-45(43-17-11-19-47(33-43)61-39-49-15-3-5-21-54(49)57-23-7-9-25-59(57)61)36-53(56)37-51-29-28-46(38-63(51)64)44-18-12-20-48(34-44)62-40-50-16-4-6-22-55(50)58-24-8-10-26-60(58)62/h1-40H. The quantitative estimate of drug-likeness (QED) is 0.120. The number of fused-ring (bicyclic) bond motifs is 9. The molecular formula is C64H40. The van der Waals surface area contributed by atoms with Crippen LogP contribution in [0.15, 0.2) is 243 Å². The summed E-state index contributed by atoms with van der Waals surface area (Å²) in [7, 11) is 0. The van der Waals surface area contributed by atoms with Gasteiger partial charge in [0.05, 0.1) is 0 Å². The van der Waals surface area contributed by atoms with E-state index in [2.05, 4.69) is 243 Å². The number of hydrogen-bond donors (Lipinski definition) is 0. The molecule has 0 radical (unpaired) electrons. The zero-order valence-electron chi connectivity index (χ0n) is 35.1. The fourth-order valence-corrected chi connectivity index (χ4v) is 10.5. The van der Waals surface area contributed by atoms with Crippen LogP contribution in [0.5, 0.6) is 0 Å². The van der Waals surface area contributed by atoms with Gasteiger partial charge in [0.2, 0.25) is 0 Å². The first-order valence-corrected chi connectivity index (χ1v) is 22.2. The van der Waals surface area contributed by atoms with Gasteiger partial charge in [0, 0.05) is 0 Å². The maximum atomic E-state index is 2.42. The summed E-state index contributed by atoms with van der Waals surface area (Å²) < 4.78 is 0. The lowest BCUT2D eigenvalue weighted by atomic mass is 9.87. The van der Waals surface area contributed by atoms with Gasteiger partial charge >= 0.3 is 0 Å². The van der Waals surface area contributed by atoms with Crippen LogP contribution < -0.4 is 0 Å². The summed E-state index contributed by atoms with van der Waals surface area (Å²) in [6, 6.07) is 90.1. The molecule has 0 saturated heterocycles. The molecule has 0 heterocycles. The van der Waals surface area contributed by atoms with E-state index in [0.717, 1.165) is 0 Å². The highest BCUT2D eigenvalue weighted by Gasteiger charge is 2.16. The molecule has 0 nitrogen and oxygen atoms in total. The summed E-state index contributed by atoms with van der Waals surface area (Å²) in [5.74, 6) is 0. The van der Waals surface area contributed by atoms with Gasteiger partial charge in [-0.3, -0.25) is 0 Å². The van der Waals surface area contributed by atoms with Crippen molar-refractivity contribution in [1.29, 1.82) is 0 Å². The Bertz CT molecular complexity index is 4020. The highest BCUT2D eigenvalue weighted by Crippen LogP contribution is 2.43. The van der Waals surface area contributed by atoms with E-state index in [4.69, 9.17) is 0 Å². The monoisotopic (exact) mass is 808 g/mol. The first kappa shape index (κ1) is 36.3. The minimum absolute atomic E-state index is 1.20. The lowest BCUT2D eigenvalue weighted by Crippen LogP contribution is -1.90. The normalized spacial score (nSPS) is 11.8. The molecule has 296 valence electrons. The van der Waals surface area contributed by atoms with Gasteiger partial charge in [0.25, 0.3) is 0 Å². The number of rotatable bonds is 5. The zero-order valence-corrected chi connectivity index (χ0v) is 35.1. The van der Waals surface area contributed by atoms with Crippen molar-refractivity contribution in [3.63, 3.8) is 0 Å². The van der Waals surface area contributed by atoms with Crippen molar-refractivity contribution < 1.29 is 0 Å². The third kappa shape index (κ3) is 5.99. The van der Waals surface area contributed by atoms with Gasteiger partial charge in [-0.15, -0.1) is 0 Å². The molecule has 0 fully saturated rings. The van der Waals surface area contributed by atoms with Crippen LogP contribution in [0.4, 0.5) is 0 Å². The second-order valence-corrected chi connectivity index (χ2v) is 17.2. The first-order valence-electron chi connectivity index (χ1n) is 22.2. The van der Waals surface area contributed by atoms with Crippen LogP contribution in [0.25, 0.3) is 131 Å². The summed E-state index contributed by atoms with van der Waals surface area (Å²) in [4.78, 5) is 0. The molecule has 13 rings (SSSR count). The maximum absolute atomic E-state index is 2.42. The minimum Gasteiger partial charge on any atom is -0.0616 e. The molecule has 0 N–H and O–H groups in total. The Labute approximate surface area is 371 Å². The second-order valence-electron chi connectivity index (χ2n) is 17.2. The average molecular weight is 809 g/mol. The van der Waals surface area contributed by atoms with Crippen LogP contribution in [0.3, 0.4) is 0 Å². The molecule has 0 heteroatoms. The molecule has 0 bridgehead atoms. The van der Waals surface area contributed by atoms with Crippen LogP contribution in [0.2, 0.25) is 0 Å². The van der Waals surface area contributed by atoms with Crippen molar-refractivity contribution in [3.05, 3.63) is 243 Å². The topological polar surface area (TPSA) is 0 Å². The van der Waals surface area contributed by atoms with E-state index in [1.54, 1.807) is 0 Å². The summed E-state index contributed by atoms with van der Waals surface area (Å²) in [6.07, 6.45) is 0. The lowest BCUT2D eigenvalue weighted by Gasteiger charge is -2.16. The predicted molar refractivity (Wildman–Crippen MR) is 276 cm³/mol. The molecule has 0 aliphatic rings. The van der Waals surface area contributed by atoms with Crippen LogP contribution in [-0.4, -0.2) is 0 Å². The molecule has 0 spiro atoms. The van der Waals surface area contributed by atoms with Gasteiger partial charge in [0.15, 0.2) is 0 Å². The van der Waals surface area contributed by atoms with E-state index in [1.807, 2.05) is 0 Å². The van der Waals surface area contributed by atoms with Gasteiger partial charge in [-0.1, -0.05) is 194 Å². The predicted octanol–water partition coefficient (Wildman–Crippen LogP) is 18.1. The van der Waals surface area contributed by atoms with E-state index in [-0.39, 0.29) is 0 Å². The SMILES string of the molecule is c1cc(-c2ccc3c(-c4ccc5ccccc5c4)c4cc(-c5cccc(-c6cc7ccccc7c7ccccc67)c5)ccc4cc3c2)cc(-c2cc3ccccc3c3ccccc23)c1. The van der Waals surface area contributed by atoms with E-state index in [0.29, 0.717) is 0 Å². The summed E-state index contributed by atoms with van der Waals surface area (Å²) in [5.41, 5.74) is 12.3. The van der Waals surface area contributed by atoms with Crippen LogP contribution in [-0.2, 0) is 0 Å². The third-order valence-electron chi connectivity index (χ3n) is 13.5. The van der Waals surface area contributed by atoms with E-state index in [1.165, 1.54) is 131 Å². The lowest BCUT2D eigenvalue weighted by molar-refractivity contribution is 1.62. The molecule has 0 aliphatic carbocycles. The first-order chi connectivity index (χ1) is 31.7. The highest BCUT2D eigenvalue weighted by atomic mass is 14.2. The maximum Gasteiger partial charge on any atom is -0.00264 e. The summed E-state index contributed by atoms with van der Waals surface area (Å²) >= 11 is 0. The van der Waals surface area contributed by atoms with Gasteiger partial charge < -0.3 is 0 Å². The molecule has 64 heavy (non-hydrogen) atoms. The smallest absolute Gasteiger partial charge is 0.00264 e. The Balaban J connectivity index is 0.967. The van der Waals surface area contributed by atoms with Crippen molar-refractivity contribution in [2.75, 3.05) is 0 Å². The van der Waals surface area contributed by atoms with Crippen molar-refractivity contribution in [2.24, 2.45) is 0 Å². The van der Waals surface area contributed by atoms with Crippen molar-refractivity contribution in [1.82, 2.24) is 0 Å². The molecule has 0 unspecified atom stereocenters. The largest absolute Gasteiger partial charge is 0.0616 e. The highest BCUT2D eigenvalue weighted by molar-refractivity contribution is 6.17. The molecule has 0 aliphatic heterocycles. The molecule has 0 amide bonds. The Morgan fingerprint density at radius 2 is 0.578 bits per heavy atom. The Kier molecular flexibility index (Phi) is 8.32. The van der Waals surface area contributed by atoms with Gasteiger partial charge in [-0.2, -0.15) is 0 Å². The fourth-order valence-electron chi connectivity index (χ4n) is 10.5. The molecule has 0 atom stereocenters. The molecule has 13 aromatic rings. The van der Waals surface area contributed by atoms with E-state index >= 15 is 0 Å². The zero-order chi connectivity index (χ0) is 42.1. The van der Waals surface area contributed by atoms with Crippen LogP contribution in [0.1, 0.15) is 0 Å². The van der Waals surface area contributed by atoms with E-state index < -0.39 is 0 Å². The summed E-state index contributed by atoms with van der Waals surface area (Å²) in [5, 5.41) is 17.7. The molecule has 0 aromatic heterocycles.